The van der Waals surface area contributed by atoms with Gasteiger partial charge >= 0.3 is 0 Å². The van der Waals surface area contributed by atoms with Gasteiger partial charge in [0.2, 0.25) is 5.95 Å². The van der Waals surface area contributed by atoms with Crippen LogP contribution >= 0.6 is 0 Å². The predicted molar refractivity (Wildman–Crippen MR) is 102 cm³/mol. The fraction of sp³-hybridized carbons (Fsp3) is 0.421. The van der Waals surface area contributed by atoms with Gasteiger partial charge in [0.05, 0.1) is 6.61 Å². The Morgan fingerprint density at radius 3 is 2.77 bits per heavy atom. The maximum Gasteiger partial charge on any atom is 0.208 e. The van der Waals surface area contributed by atoms with Gasteiger partial charge in [-0.3, -0.25) is 4.57 Å². The summed E-state index contributed by atoms with van der Waals surface area (Å²) < 4.78 is 2.18. The van der Waals surface area contributed by atoms with Gasteiger partial charge in [-0.15, -0.1) is 0 Å². The molecule has 0 bridgehead atoms. The van der Waals surface area contributed by atoms with E-state index in [1.807, 2.05) is 0 Å². The summed E-state index contributed by atoms with van der Waals surface area (Å²) in [6, 6.07) is 8.83. The van der Waals surface area contributed by atoms with Gasteiger partial charge in [0.1, 0.15) is 6.33 Å². The molecule has 0 amide bonds. The van der Waals surface area contributed by atoms with Crippen LogP contribution in [0.15, 0.2) is 30.6 Å². The minimum absolute atomic E-state index is 0.0478. The lowest BCUT2D eigenvalue weighted by molar-refractivity contribution is 0.311. The monoisotopic (exact) mass is 352 g/mol. The molecule has 0 saturated heterocycles. The molecule has 0 aliphatic carbocycles. The molecule has 2 aromatic heterocycles. The van der Waals surface area contributed by atoms with E-state index in [-0.39, 0.29) is 12.6 Å². The molecule has 1 aliphatic rings. The Bertz CT molecular complexity index is 920. The molecule has 136 valence electrons. The number of nitrogens with one attached hydrogen (secondary N) is 1. The van der Waals surface area contributed by atoms with Crippen molar-refractivity contribution < 1.29 is 5.11 Å². The van der Waals surface area contributed by atoms with Crippen LogP contribution in [0.1, 0.15) is 31.0 Å². The number of hydrogen-bond acceptors (Lipinski definition) is 6. The number of fused-ring (bicyclic) bond motifs is 2. The molecule has 4 rings (SSSR count). The van der Waals surface area contributed by atoms with Crippen molar-refractivity contribution in [2.75, 3.05) is 29.9 Å². The van der Waals surface area contributed by atoms with Crippen LogP contribution in [0, 0.1) is 0 Å². The molecular formula is C19H24N6O. The van der Waals surface area contributed by atoms with Gasteiger partial charge in [-0.2, -0.15) is 0 Å². The van der Waals surface area contributed by atoms with E-state index < -0.39 is 0 Å². The van der Waals surface area contributed by atoms with E-state index in [0.717, 1.165) is 36.6 Å². The first-order valence-electron chi connectivity index (χ1n) is 9.08. The molecule has 7 heteroatoms. The third kappa shape index (κ3) is 2.88. The number of hydrogen-bond donors (Lipinski definition) is 2. The molecule has 0 spiro atoms. The van der Waals surface area contributed by atoms with Gasteiger partial charge in [0, 0.05) is 25.7 Å². The van der Waals surface area contributed by atoms with Crippen LogP contribution in [0.2, 0.25) is 0 Å². The minimum Gasteiger partial charge on any atom is -0.395 e. The average molecular weight is 352 g/mol. The molecule has 1 aliphatic heterocycles. The largest absolute Gasteiger partial charge is 0.395 e. The highest BCUT2D eigenvalue weighted by molar-refractivity contribution is 5.85. The standard InChI is InChI=1S/C19H24N6O/c1-13(2)25-18-16(17(20-8-10-26)21-12-22-18)23-19(25)24-9-7-14-5-3-4-6-15(14)11-24/h3-6,12-13,26H,7-11H2,1-2H3,(H,20,21,22). The van der Waals surface area contributed by atoms with Gasteiger partial charge in [0.25, 0.3) is 0 Å². The smallest absolute Gasteiger partial charge is 0.208 e. The molecule has 0 fully saturated rings. The second-order valence-corrected chi connectivity index (χ2v) is 6.86. The fourth-order valence-corrected chi connectivity index (χ4v) is 3.57. The maximum absolute atomic E-state index is 9.10. The number of rotatable bonds is 5. The third-order valence-electron chi connectivity index (χ3n) is 4.79. The van der Waals surface area contributed by atoms with E-state index in [0.29, 0.717) is 12.4 Å². The van der Waals surface area contributed by atoms with Crippen LogP contribution in [0.4, 0.5) is 11.8 Å². The molecule has 0 atom stereocenters. The lowest BCUT2D eigenvalue weighted by atomic mass is 10.0. The van der Waals surface area contributed by atoms with E-state index in [2.05, 4.69) is 62.9 Å². The highest BCUT2D eigenvalue weighted by Crippen LogP contribution is 2.31. The summed E-state index contributed by atoms with van der Waals surface area (Å²) in [6.07, 6.45) is 2.57. The first kappa shape index (κ1) is 16.8. The zero-order valence-corrected chi connectivity index (χ0v) is 15.2. The fourth-order valence-electron chi connectivity index (χ4n) is 3.57. The van der Waals surface area contributed by atoms with Crippen molar-refractivity contribution in [3.63, 3.8) is 0 Å². The Labute approximate surface area is 152 Å². The SMILES string of the molecule is CC(C)n1c(N2CCc3ccccc3C2)nc2c(NCCO)ncnc21. The van der Waals surface area contributed by atoms with Crippen LogP contribution < -0.4 is 10.2 Å². The van der Waals surface area contributed by atoms with Crippen molar-refractivity contribution >= 4 is 22.9 Å². The summed E-state index contributed by atoms with van der Waals surface area (Å²) in [4.78, 5) is 16.0. The van der Waals surface area contributed by atoms with Crippen molar-refractivity contribution in [2.24, 2.45) is 0 Å². The average Bonchev–Trinajstić information content (AvgIpc) is 3.06. The molecule has 0 saturated carbocycles. The van der Waals surface area contributed by atoms with Crippen LogP contribution in [0.3, 0.4) is 0 Å². The van der Waals surface area contributed by atoms with E-state index in [1.54, 1.807) is 6.33 Å². The zero-order valence-electron chi connectivity index (χ0n) is 15.2. The van der Waals surface area contributed by atoms with E-state index in [1.165, 1.54) is 11.1 Å². The Morgan fingerprint density at radius 2 is 2.00 bits per heavy atom. The minimum atomic E-state index is 0.0478. The highest BCUT2D eigenvalue weighted by atomic mass is 16.3. The molecule has 2 N–H and O–H groups in total. The van der Waals surface area contributed by atoms with Gasteiger partial charge < -0.3 is 15.3 Å². The second kappa shape index (κ2) is 6.92. The Balaban J connectivity index is 1.78. The van der Waals surface area contributed by atoms with Crippen LogP contribution in [0.25, 0.3) is 11.2 Å². The van der Waals surface area contributed by atoms with Gasteiger partial charge in [-0.05, 0) is 31.4 Å². The number of benzene rings is 1. The Kier molecular flexibility index (Phi) is 4.46. The molecule has 0 unspecified atom stereocenters. The molecule has 1 aromatic carbocycles. The third-order valence-corrected chi connectivity index (χ3v) is 4.79. The van der Waals surface area contributed by atoms with Crippen molar-refractivity contribution in [3.8, 4) is 0 Å². The first-order chi connectivity index (χ1) is 12.7. The summed E-state index contributed by atoms with van der Waals surface area (Å²) >= 11 is 0. The Morgan fingerprint density at radius 1 is 1.19 bits per heavy atom. The van der Waals surface area contributed by atoms with Crippen molar-refractivity contribution in [3.05, 3.63) is 41.7 Å². The topological polar surface area (TPSA) is 79.1 Å². The van der Waals surface area contributed by atoms with Crippen LogP contribution in [-0.2, 0) is 13.0 Å². The lowest BCUT2D eigenvalue weighted by Crippen LogP contribution is -2.32. The number of aliphatic hydroxyl groups excluding tert-OH is 1. The predicted octanol–water partition coefficient (Wildman–Crippen LogP) is 2.37. The van der Waals surface area contributed by atoms with E-state index in [4.69, 9.17) is 10.1 Å². The van der Waals surface area contributed by atoms with E-state index >= 15 is 0 Å². The first-order valence-corrected chi connectivity index (χ1v) is 9.08. The van der Waals surface area contributed by atoms with Crippen LogP contribution in [0.5, 0.6) is 0 Å². The van der Waals surface area contributed by atoms with Crippen molar-refractivity contribution in [1.82, 2.24) is 19.5 Å². The van der Waals surface area contributed by atoms with Crippen LogP contribution in [-0.4, -0.2) is 44.3 Å². The molecule has 26 heavy (non-hydrogen) atoms. The zero-order chi connectivity index (χ0) is 18.1. The Hall–Kier alpha value is -2.67. The van der Waals surface area contributed by atoms with Gasteiger partial charge in [-0.1, -0.05) is 24.3 Å². The molecular weight excluding hydrogens is 328 g/mol. The molecule has 7 nitrogen and oxygen atoms in total. The number of imidazole rings is 1. The van der Waals surface area contributed by atoms with Crippen molar-refractivity contribution in [2.45, 2.75) is 32.9 Å². The quantitative estimate of drug-likeness (QED) is 0.734. The summed E-state index contributed by atoms with van der Waals surface area (Å²) in [5.41, 5.74) is 4.35. The number of aromatic nitrogens is 4. The molecule has 3 heterocycles. The van der Waals surface area contributed by atoms with Gasteiger partial charge in [0.15, 0.2) is 17.0 Å². The number of aliphatic hydroxyl groups is 1. The summed E-state index contributed by atoms with van der Waals surface area (Å²) in [6.45, 7) is 6.55. The molecule has 0 radical (unpaired) electrons. The molecule has 3 aromatic rings. The highest BCUT2D eigenvalue weighted by Gasteiger charge is 2.24. The maximum atomic E-state index is 9.10. The summed E-state index contributed by atoms with van der Waals surface area (Å²) in [5, 5.41) is 12.2. The lowest BCUT2D eigenvalue weighted by Gasteiger charge is -2.30. The van der Waals surface area contributed by atoms with Gasteiger partial charge in [-0.25, -0.2) is 15.0 Å². The number of anilines is 2. The normalized spacial score (nSPS) is 14.1. The summed E-state index contributed by atoms with van der Waals surface area (Å²) in [5.74, 6) is 1.60. The van der Waals surface area contributed by atoms with Crippen molar-refractivity contribution in [1.29, 1.82) is 0 Å². The van der Waals surface area contributed by atoms with E-state index in [9.17, 15) is 0 Å². The number of nitrogens with zero attached hydrogens (tertiary/aromatic N) is 5. The summed E-state index contributed by atoms with van der Waals surface area (Å²) in [7, 11) is 0. The second-order valence-electron chi connectivity index (χ2n) is 6.86.